The number of hydrazone groups is 1. The zero-order valence-corrected chi connectivity index (χ0v) is 11.3. The van der Waals surface area contributed by atoms with Gasteiger partial charge in [-0.05, 0) is 23.6 Å². The molecule has 1 heterocycles. The first kappa shape index (κ1) is 13.3. The Hall–Kier alpha value is -2.14. The molecule has 5 heteroatoms. The van der Waals surface area contributed by atoms with E-state index in [1.165, 1.54) is 0 Å². The van der Waals surface area contributed by atoms with Crippen molar-refractivity contribution in [1.82, 2.24) is 5.43 Å². The van der Waals surface area contributed by atoms with E-state index < -0.39 is 0 Å². The lowest BCUT2D eigenvalue weighted by molar-refractivity contribution is -0.120. The summed E-state index contributed by atoms with van der Waals surface area (Å²) in [6.45, 7) is 0. The average molecular weight is 274 g/mol. The highest BCUT2D eigenvalue weighted by Crippen LogP contribution is 2.14. The highest BCUT2D eigenvalue weighted by atomic mass is 32.1. The number of nitrogens with zero attached hydrogens (tertiary/aromatic N) is 1. The Morgan fingerprint density at radius 2 is 2.21 bits per heavy atom. The molecule has 0 aliphatic heterocycles. The number of benzene rings is 1. The average Bonchev–Trinajstić information content (AvgIpc) is 2.92. The number of ether oxygens (including phenoxy) is 1. The van der Waals surface area contributed by atoms with Crippen LogP contribution in [0.2, 0.25) is 0 Å². The zero-order chi connectivity index (χ0) is 13.5. The largest absolute Gasteiger partial charge is 0.496 e. The lowest BCUT2D eigenvalue weighted by Crippen LogP contribution is -2.19. The highest BCUT2D eigenvalue weighted by molar-refractivity contribution is 7.10. The summed E-state index contributed by atoms with van der Waals surface area (Å²) in [7, 11) is 1.60. The molecular weight excluding hydrogens is 260 g/mol. The van der Waals surface area contributed by atoms with Gasteiger partial charge in [0.1, 0.15) is 5.75 Å². The molecule has 1 aromatic carbocycles. The SMILES string of the molecule is COc1ccccc1/C=N\NC(=O)Cc1cccs1. The van der Waals surface area contributed by atoms with Gasteiger partial charge in [0.25, 0.3) is 0 Å². The Bertz CT molecular complexity index is 565. The molecular formula is C14H14N2O2S. The minimum absolute atomic E-state index is 0.131. The van der Waals surface area contributed by atoms with Crippen molar-refractivity contribution in [1.29, 1.82) is 0 Å². The molecule has 0 atom stereocenters. The molecule has 0 saturated carbocycles. The second-order valence-electron chi connectivity index (χ2n) is 3.79. The minimum Gasteiger partial charge on any atom is -0.496 e. The van der Waals surface area contributed by atoms with E-state index in [1.54, 1.807) is 24.7 Å². The molecule has 1 amide bonds. The number of para-hydroxylation sites is 1. The van der Waals surface area contributed by atoms with E-state index in [0.717, 1.165) is 16.2 Å². The van der Waals surface area contributed by atoms with Crippen LogP contribution in [0.1, 0.15) is 10.4 Å². The second kappa shape index (κ2) is 6.70. The molecule has 4 nitrogen and oxygen atoms in total. The maximum Gasteiger partial charge on any atom is 0.245 e. The van der Waals surface area contributed by atoms with E-state index in [4.69, 9.17) is 4.74 Å². The van der Waals surface area contributed by atoms with Crippen LogP contribution in [0.5, 0.6) is 5.75 Å². The number of thiophene rings is 1. The lowest BCUT2D eigenvalue weighted by atomic mass is 10.2. The maximum atomic E-state index is 11.6. The number of methoxy groups -OCH3 is 1. The van der Waals surface area contributed by atoms with Gasteiger partial charge in [-0.2, -0.15) is 5.10 Å². The van der Waals surface area contributed by atoms with Gasteiger partial charge in [-0.3, -0.25) is 4.79 Å². The van der Waals surface area contributed by atoms with Crippen LogP contribution in [-0.4, -0.2) is 19.2 Å². The molecule has 2 aromatic rings. The molecule has 0 saturated heterocycles. The summed E-state index contributed by atoms with van der Waals surface area (Å²) in [6, 6.07) is 11.3. The Balaban J connectivity index is 1.91. The fraction of sp³-hybridized carbons (Fsp3) is 0.143. The standard InChI is InChI=1S/C14H14N2O2S/c1-18-13-7-3-2-5-11(13)10-15-16-14(17)9-12-6-4-8-19-12/h2-8,10H,9H2,1H3,(H,16,17)/b15-10-. The van der Waals surface area contributed by atoms with E-state index in [2.05, 4.69) is 10.5 Å². The molecule has 1 N–H and O–H groups in total. The van der Waals surface area contributed by atoms with Gasteiger partial charge in [-0.15, -0.1) is 11.3 Å². The number of amides is 1. The van der Waals surface area contributed by atoms with Gasteiger partial charge in [-0.25, -0.2) is 5.43 Å². The van der Waals surface area contributed by atoms with Gasteiger partial charge in [0.2, 0.25) is 5.91 Å². The molecule has 0 unspecified atom stereocenters. The predicted octanol–water partition coefficient (Wildman–Crippen LogP) is 2.45. The van der Waals surface area contributed by atoms with Gasteiger partial charge < -0.3 is 4.74 Å². The molecule has 1 aromatic heterocycles. The number of hydrogen-bond acceptors (Lipinski definition) is 4. The van der Waals surface area contributed by atoms with Crippen molar-refractivity contribution < 1.29 is 9.53 Å². The van der Waals surface area contributed by atoms with Gasteiger partial charge in [0, 0.05) is 10.4 Å². The van der Waals surface area contributed by atoms with E-state index in [-0.39, 0.29) is 5.91 Å². The number of carbonyl (C=O) groups is 1. The predicted molar refractivity (Wildman–Crippen MR) is 76.8 cm³/mol. The lowest BCUT2D eigenvalue weighted by Gasteiger charge is -2.03. The normalized spacial score (nSPS) is 10.6. The summed E-state index contributed by atoms with van der Waals surface area (Å²) >= 11 is 1.55. The van der Waals surface area contributed by atoms with Crippen molar-refractivity contribution in [3.8, 4) is 5.75 Å². The molecule has 0 bridgehead atoms. The monoisotopic (exact) mass is 274 g/mol. The van der Waals surface area contributed by atoms with Gasteiger partial charge >= 0.3 is 0 Å². The first-order chi connectivity index (χ1) is 9.29. The fourth-order valence-corrected chi connectivity index (χ4v) is 2.26. The van der Waals surface area contributed by atoms with Crippen molar-refractivity contribution in [3.63, 3.8) is 0 Å². The minimum atomic E-state index is -0.131. The maximum absolute atomic E-state index is 11.6. The first-order valence-corrected chi connectivity index (χ1v) is 6.65. The summed E-state index contributed by atoms with van der Waals surface area (Å²) in [5.41, 5.74) is 3.32. The van der Waals surface area contributed by atoms with Crippen molar-refractivity contribution >= 4 is 23.5 Å². The van der Waals surface area contributed by atoms with Crippen LogP contribution in [0.15, 0.2) is 46.9 Å². The van der Waals surface area contributed by atoms with Gasteiger partial charge in [0.15, 0.2) is 0 Å². The number of rotatable bonds is 5. The van der Waals surface area contributed by atoms with Crippen LogP contribution in [0.25, 0.3) is 0 Å². The Labute approximate surface area is 115 Å². The van der Waals surface area contributed by atoms with Crippen LogP contribution < -0.4 is 10.2 Å². The summed E-state index contributed by atoms with van der Waals surface area (Å²) in [5.74, 6) is 0.590. The zero-order valence-electron chi connectivity index (χ0n) is 10.5. The Morgan fingerprint density at radius 3 is 2.95 bits per heavy atom. The van der Waals surface area contributed by atoms with E-state index in [1.807, 2.05) is 41.8 Å². The third-order valence-corrected chi connectivity index (χ3v) is 3.32. The van der Waals surface area contributed by atoms with E-state index in [9.17, 15) is 4.79 Å². The summed E-state index contributed by atoms with van der Waals surface area (Å²) in [6.07, 6.45) is 1.92. The third kappa shape index (κ3) is 3.93. The van der Waals surface area contributed by atoms with Crippen molar-refractivity contribution in [2.45, 2.75) is 6.42 Å². The summed E-state index contributed by atoms with van der Waals surface area (Å²) < 4.78 is 5.19. The number of nitrogens with one attached hydrogen (secondary N) is 1. The summed E-state index contributed by atoms with van der Waals surface area (Å²) in [4.78, 5) is 12.6. The quantitative estimate of drug-likeness (QED) is 0.672. The van der Waals surface area contributed by atoms with Gasteiger partial charge in [0.05, 0.1) is 19.7 Å². The van der Waals surface area contributed by atoms with Crippen LogP contribution >= 0.6 is 11.3 Å². The van der Waals surface area contributed by atoms with E-state index >= 15 is 0 Å². The number of carbonyl (C=O) groups excluding carboxylic acids is 1. The van der Waals surface area contributed by atoms with Crippen LogP contribution in [0.3, 0.4) is 0 Å². The second-order valence-corrected chi connectivity index (χ2v) is 4.82. The molecule has 0 radical (unpaired) electrons. The first-order valence-electron chi connectivity index (χ1n) is 5.77. The summed E-state index contributed by atoms with van der Waals surface area (Å²) in [5, 5.41) is 5.88. The van der Waals surface area contributed by atoms with Crippen LogP contribution in [-0.2, 0) is 11.2 Å². The van der Waals surface area contributed by atoms with Gasteiger partial charge in [-0.1, -0.05) is 18.2 Å². The van der Waals surface area contributed by atoms with Crippen molar-refractivity contribution in [3.05, 3.63) is 52.2 Å². The molecule has 2 rings (SSSR count). The topological polar surface area (TPSA) is 50.7 Å². The molecule has 19 heavy (non-hydrogen) atoms. The highest BCUT2D eigenvalue weighted by Gasteiger charge is 2.02. The Kier molecular flexibility index (Phi) is 4.69. The molecule has 98 valence electrons. The Morgan fingerprint density at radius 1 is 1.37 bits per heavy atom. The smallest absolute Gasteiger partial charge is 0.245 e. The fourth-order valence-electron chi connectivity index (χ4n) is 1.56. The molecule has 0 spiro atoms. The van der Waals surface area contributed by atoms with Crippen LogP contribution in [0.4, 0.5) is 0 Å². The van der Waals surface area contributed by atoms with E-state index in [0.29, 0.717) is 6.42 Å². The van der Waals surface area contributed by atoms with Crippen molar-refractivity contribution in [2.75, 3.05) is 7.11 Å². The molecule has 0 aliphatic carbocycles. The molecule has 0 aliphatic rings. The van der Waals surface area contributed by atoms with Crippen molar-refractivity contribution in [2.24, 2.45) is 5.10 Å². The van der Waals surface area contributed by atoms with Crippen LogP contribution in [0, 0.1) is 0 Å². The molecule has 0 fully saturated rings. The number of hydrogen-bond donors (Lipinski definition) is 1. The third-order valence-electron chi connectivity index (χ3n) is 2.45.